The molecule has 0 spiro atoms. The van der Waals surface area contributed by atoms with Crippen LogP contribution in [0.4, 0.5) is 0 Å². The van der Waals surface area contributed by atoms with Gasteiger partial charge in [0.05, 0.1) is 0 Å². The summed E-state index contributed by atoms with van der Waals surface area (Å²) < 4.78 is 0. The molecular formula is C17H36N2O3. The summed E-state index contributed by atoms with van der Waals surface area (Å²) in [5.41, 5.74) is 5.02. The summed E-state index contributed by atoms with van der Waals surface area (Å²) in [4.78, 5) is 22.6. The molecule has 0 aliphatic carbocycles. The number of amides is 1. The maximum absolute atomic E-state index is 10.5. The Morgan fingerprint density at radius 2 is 1.45 bits per heavy atom. The van der Waals surface area contributed by atoms with Gasteiger partial charge in [-0.15, -0.1) is 0 Å². The summed E-state index contributed by atoms with van der Waals surface area (Å²) in [5, 5.41) is 8.63. The molecule has 5 nitrogen and oxygen atoms in total. The number of carbonyl (C=O) groups is 2. The van der Waals surface area contributed by atoms with E-state index < -0.39 is 5.97 Å². The molecule has 1 amide bonds. The summed E-state index contributed by atoms with van der Waals surface area (Å²) in [6.45, 7) is 4.20. The van der Waals surface area contributed by atoms with Crippen molar-refractivity contribution < 1.29 is 14.7 Å². The zero-order valence-electron chi connectivity index (χ0n) is 14.9. The van der Waals surface area contributed by atoms with Crippen molar-refractivity contribution in [3.05, 3.63) is 0 Å². The van der Waals surface area contributed by atoms with Gasteiger partial charge in [0.25, 0.3) is 0 Å². The van der Waals surface area contributed by atoms with Gasteiger partial charge in [-0.2, -0.15) is 0 Å². The highest BCUT2D eigenvalue weighted by Gasteiger charge is 2.17. The summed E-state index contributed by atoms with van der Waals surface area (Å²) >= 11 is 0. The number of nitrogens with zero attached hydrogens (tertiary/aromatic N) is 1. The van der Waals surface area contributed by atoms with Crippen LogP contribution in [-0.2, 0) is 9.59 Å². The second-order valence-corrected chi connectivity index (χ2v) is 5.94. The van der Waals surface area contributed by atoms with Crippen molar-refractivity contribution in [1.29, 1.82) is 0 Å². The maximum atomic E-state index is 10.5. The van der Waals surface area contributed by atoms with E-state index in [2.05, 4.69) is 6.92 Å². The molecule has 5 heteroatoms. The van der Waals surface area contributed by atoms with E-state index in [4.69, 9.17) is 10.8 Å². The van der Waals surface area contributed by atoms with Crippen LogP contribution in [0, 0.1) is 0 Å². The van der Waals surface area contributed by atoms with E-state index in [1.807, 2.05) is 6.92 Å². The van der Waals surface area contributed by atoms with Crippen molar-refractivity contribution in [1.82, 2.24) is 4.90 Å². The smallest absolute Gasteiger partial charge is 0.320 e. The molecule has 0 saturated heterocycles. The molecule has 0 heterocycles. The van der Waals surface area contributed by atoms with E-state index in [1.54, 1.807) is 19.0 Å². The lowest BCUT2D eigenvalue weighted by Gasteiger charge is -2.18. The fourth-order valence-corrected chi connectivity index (χ4v) is 2.13. The minimum atomic E-state index is -0.730. The van der Waals surface area contributed by atoms with E-state index in [1.165, 1.54) is 32.1 Å². The van der Waals surface area contributed by atoms with Crippen LogP contribution in [0.3, 0.4) is 0 Å². The Labute approximate surface area is 136 Å². The van der Waals surface area contributed by atoms with E-state index in [0.717, 1.165) is 25.7 Å². The van der Waals surface area contributed by atoms with Crippen LogP contribution in [0.25, 0.3) is 0 Å². The second-order valence-electron chi connectivity index (χ2n) is 5.94. The third-order valence-electron chi connectivity index (χ3n) is 3.50. The van der Waals surface area contributed by atoms with Crippen molar-refractivity contribution in [2.24, 2.45) is 5.73 Å². The number of carbonyl (C=O) groups excluding carboxylic acids is 1. The van der Waals surface area contributed by atoms with Crippen LogP contribution in [0.5, 0.6) is 0 Å². The monoisotopic (exact) mass is 316 g/mol. The van der Waals surface area contributed by atoms with Gasteiger partial charge >= 0.3 is 5.97 Å². The SMILES string of the molecule is CCCC(C(=O)O)N(C)C.CCCCCCCCCC(N)=O. The average Bonchev–Trinajstić information content (AvgIpc) is 2.43. The topological polar surface area (TPSA) is 83.6 Å². The van der Waals surface area contributed by atoms with Crippen molar-refractivity contribution in [3.8, 4) is 0 Å². The number of aliphatic carboxylic acids is 1. The Bertz CT molecular complexity index is 281. The highest BCUT2D eigenvalue weighted by Crippen LogP contribution is 2.07. The van der Waals surface area contributed by atoms with Crippen LogP contribution in [0.15, 0.2) is 0 Å². The highest BCUT2D eigenvalue weighted by atomic mass is 16.4. The molecule has 0 fully saturated rings. The van der Waals surface area contributed by atoms with Gasteiger partial charge in [0.1, 0.15) is 6.04 Å². The zero-order valence-corrected chi connectivity index (χ0v) is 14.9. The first-order chi connectivity index (χ1) is 10.4. The van der Waals surface area contributed by atoms with Crippen molar-refractivity contribution in [3.63, 3.8) is 0 Å². The second kappa shape index (κ2) is 16.3. The number of unbranched alkanes of at least 4 members (excludes halogenated alkanes) is 6. The Morgan fingerprint density at radius 1 is 0.955 bits per heavy atom. The molecule has 0 aromatic rings. The lowest BCUT2D eigenvalue weighted by atomic mass is 10.1. The molecular weight excluding hydrogens is 280 g/mol. The van der Waals surface area contributed by atoms with Crippen molar-refractivity contribution in [2.75, 3.05) is 14.1 Å². The Kier molecular flexibility index (Phi) is 17.1. The fourth-order valence-electron chi connectivity index (χ4n) is 2.13. The molecule has 0 aromatic carbocycles. The predicted octanol–water partition coefficient (Wildman–Crippen LogP) is 3.41. The van der Waals surface area contributed by atoms with Gasteiger partial charge in [0, 0.05) is 6.42 Å². The Morgan fingerprint density at radius 3 is 1.77 bits per heavy atom. The standard InChI is InChI=1S/C10H21NO.C7H15NO2/c1-2-3-4-5-6-7-8-9-10(11)12;1-4-5-6(7(9)10)8(2)3/h2-9H2,1H3,(H2,11,12);6H,4-5H2,1-3H3,(H,9,10). The first-order valence-corrected chi connectivity index (χ1v) is 8.54. The molecule has 0 aliphatic heterocycles. The van der Waals surface area contributed by atoms with E-state index in [0.29, 0.717) is 6.42 Å². The van der Waals surface area contributed by atoms with Crippen molar-refractivity contribution >= 4 is 11.9 Å². The molecule has 3 N–H and O–H groups in total. The molecule has 22 heavy (non-hydrogen) atoms. The number of carboxylic acid groups (broad SMARTS) is 1. The molecule has 0 bridgehead atoms. The number of carboxylic acids is 1. The van der Waals surface area contributed by atoms with Gasteiger partial charge in [-0.25, -0.2) is 0 Å². The highest BCUT2D eigenvalue weighted by molar-refractivity contribution is 5.73. The largest absolute Gasteiger partial charge is 0.480 e. The number of primary amides is 1. The number of hydrogen-bond acceptors (Lipinski definition) is 3. The first-order valence-electron chi connectivity index (χ1n) is 8.54. The normalized spacial score (nSPS) is 11.7. The lowest BCUT2D eigenvalue weighted by Crippen LogP contribution is -2.35. The van der Waals surface area contributed by atoms with E-state index in [9.17, 15) is 9.59 Å². The Balaban J connectivity index is 0. The molecule has 132 valence electrons. The quantitative estimate of drug-likeness (QED) is 0.540. The van der Waals surface area contributed by atoms with Gasteiger partial charge < -0.3 is 10.8 Å². The van der Waals surface area contributed by atoms with Gasteiger partial charge in [-0.05, 0) is 26.9 Å². The zero-order chi connectivity index (χ0) is 17.4. The molecule has 0 aromatic heterocycles. The van der Waals surface area contributed by atoms with Crippen LogP contribution in [-0.4, -0.2) is 42.0 Å². The van der Waals surface area contributed by atoms with E-state index in [-0.39, 0.29) is 11.9 Å². The molecule has 0 aliphatic rings. The van der Waals surface area contributed by atoms with Crippen molar-refractivity contribution in [2.45, 2.75) is 84.1 Å². The molecule has 0 saturated carbocycles. The summed E-state index contributed by atoms with van der Waals surface area (Å²) in [6.07, 6.45) is 10.9. The molecule has 1 unspecified atom stereocenters. The maximum Gasteiger partial charge on any atom is 0.320 e. The number of hydrogen-bond donors (Lipinski definition) is 2. The third-order valence-corrected chi connectivity index (χ3v) is 3.50. The first kappa shape index (κ1) is 23.2. The van der Waals surface area contributed by atoms with Crippen LogP contribution < -0.4 is 5.73 Å². The van der Waals surface area contributed by atoms with Crippen LogP contribution >= 0.6 is 0 Å². The van der Waals surface area contributed by atoms with Crippen LogP contribution in [0.2, 0.25) is 0 Å². The molecule has 0 radical (unpaired) electrons. The fraction of sp³-hybridized carbons (Fsp3) is 0.882. The van der Waals surface area contributed by atoms with Gasteiger partial charge in [-0.1, -0.05) is 58.8 Å². The van der Waals surface area contributed by atoms with Gasteiger partial charge in [0.15, 0.2) is 0 Å². The van der Waals surface area contributed by atoms with Gasteiger partial charge in [-0.3, -0.25) is 14.5 Å². The minimum absolute atomic E-state index is 0.163. The lowest BCUT2D eigenvalue weighted by molar-refractivity contribution is -0.142. The Hall–Kier alpha value is -1.10. The summed E-state index contributed by atoms with van der Waals surface area (Å²) in [7, 11) is 3.57. The third kappa shape index (κ3) is 17.0. The minimum Gasteiger partial charge on any atom is -0.480 e. The van der Waals surface area contributed by atoms with Gasteiger partial charge in [0.2, 0.25) is 5.91 Å². The average molecular weight is 316 g/mol. The number of rotatable bonds is 12. The van der Waals surface area contributed by atoms with E-state index >= 15 is 0 Å². The summed E-state index contributed by atoms with van der Waals surface area (Å²) in [5.74, 6) is -0.893. The molecule has 1 atom stereocenters. The molecule has 0 rings (SSSR count). The number of nitrogens with two attached hydrogens (primary N) is 1. The summed E-state index contributed by atoms with van der Waals surface area (Å²) in [6, 6.07) is -0.315. The van der Waals surface area contributed by atoms with Crippen LogP contribution in [0.1, 0.15) is 78.1 Å². The number of likely N-dealkylation sites (N-methyl/N-ethyl adjacent to an activating group) is 1. The predicted molar refractivity (Wildman–Crippen MR) is 91.8 cm³/mol.